The second-order valence-electron chi connectivity index (χ2n) is 9.23. The van der Waals surface area contributed by atoms with Gasteiger partial charge < -0.3 is 26.4 Å². The molecule has 0 aliphatic carbocycles. The van der Waals surface area contributed by atoms with Gasteiger partial charge in [0.05, 0.1) is 12.0 Å². The number of hydrogen-bond acceptors (Lipinski definition) is 7. The van der Waals surface area contributed by atoms with Gasteiger partial charge in [-0.2, -0.15) is 0 Å². The molecule has 0 spiro atoms. The molecule has 1 amide bonds. The SMILES string of the molecule is COc1ccc(S(=O)(=O)[C@](O)(CCC(C)(C)CCN)[C@](N)(Cc2ccccc2)NC(=O)O)cc1. The molecular weight excluding hydrogens is 458 g/mol. The molecule has 2 aromatic rings. The Hall–Kier alpha value is -2.66. The number of benzene rings is 2. The number of amides is 1. The summed E-state index contributed by atoms with van der Waals surface area (Å²) in [6, 6.07) is 14.1. The van der Waals surface area contributed by atoms with Gasteiger partial charge in [0.1, 0.15) is 11.4 Å². The van der Waals surface area contributed by atoms with Crippen molar-refractivity contribution >= 4 is 15.9 Å². The third kappa shape index (κ3) is 6.06. The highest BCUT2D eigenvalue weighted by Crippen LogP contribution is 2.40. The van der Waals surface area contributed by atoms with Crippen molar-refractivity contribution in [2.24, 2.45) is 16.9 Å². The molecule has 0 saturated heterocycles. The number of hydrogen-bond donors (Lipinski definition) is 5. The Labute approximate surface area is 201 Å². The molecule has 188 valence electrons. The second-order valence-corrected chi connectivity index (χ2v) is 11.4. The summed E-state index contributed by atoms with van der Waals surface area (Å²) in [6.45, 7) is 4.18. The Balaban J connectivity index is 2.67. The van der Waals surface area contributed by atoms with Gasteiger partial charge in [-0.3, -0.25) is 5.32 Å². The zero-order valence-electron chi connectivity index (χ0n) is 19.8. The minimum absolute atomic E-state index is 0.206. The van der Waals surface area contributed by atoms with E-state index in [9.17, 15) is 23.4 Å². The molecule has 10 heteroatoms. The van der Waals surface area contributed by atoms with Crippen LogP contribution >= 0.6 is 0 Å². The van der Waals surface area contributed by atoms with Crippen molar-refractivity contribution in [1.82, 2.24) is 5.32 Å². The first-order chi connectivity index (χ1) is 15.8. The Morgan fingerprint density at radius 3 is 2.12 bits per heavy atom. The number of sulfone groups is 1. The average Bonchev–Trinajstić information content (AvgIpc) is 2.77. The van der Waals surface area contributed by atoms with Crippen molar-refractivity contribution in [3.05, 3.63) is 60.2 Å². The monoisotopic (exact) mass is 493 g/mol. The lowest BCUT2D eigenvalue weighted by Crippen LogP contribution is -2.74. The Morgan fingerprint density at radius 2 is 1.62 bits per heavy atom. The van der Waals surface area contributed by atoms with Crippen LogP contribution in [0.15, 0.2) is 59.5 Å². The lowest BCUT2D eigenvalue weighted by atomic mass is 9.81. The summed E-state index contributed by atoms with van der Waals surface area (Å²) in [7, 11) is -3.12. The van der Waals surface area contributed by atoms with Crippen molar-refractivity contribution in [3.63, 3.8) is 0 Å². The zero-order valence-corrected chi connectivity index (χ0v) is 20.6. The first-order valence-electron chi connectivity index (χ1n) is 11.0. The number of nitrogens with two attached hydrogens (primary N) is 2. The summed E-state index contributed by atoms with van der Waals surface area (Å²) in [5.41, 5.74) is 10.1. The molecule has 0 bridgehead atoms. The highest BCUT2D eigenvalue weighted by atomic mass is 32.2. The molecule has 2 atom stereocenters. The van der Waals surface area contributed by atoms with Crippen LogP contribution < -0.4 is 21.5 Å². The molecule has 0 unspecified atom stereocenters. The molecule has 7 N–H and O–H groups in total. The average molecular weight is 494 g/mol. The summed E-state index contributed by atoms with van der Waals surface area (Å²) in [5.74, 6) is 0.429. The molecule has 0 aliphatic rings. The van der Waals surface area contributed by atoms with E-state index in [0.29, 0.717) is 24.3 Å². The van der Waals surface area contributed by atoms with Crippen LogP contribution in [0.3, 0.4) is 0 Å². The summed E-state index contributed by atoms with van der Waals surface area (Å²) in [4.78, 5) is 8.88. The van der Waals surface area contributed by atoms with Crippen molar-refractivity contribution in [3.8, 4) is 5.75 Å². The van der Waals surface area contributed by atoms with E-state index in [4.69, 9.17) is 16.2 Å². The van der Waals surface area contributed by atoms with Crippen LogP contribution in [-0.4, -0.2) is 49.0 Å². The largest absolute Gasteiger partial charge is 0.497 e. The Bertz CT molecular complexity index is 1060. The number of carboxylic acid groups (broad SMARTS) is 1. The van der Waals surface area contributed by atoms with Crippen LogP contribution in [0.2, 0.25) is 0 Å². The molecule has 0 fully saturated rings. The maximum atomic E-state index is 13.9. The van der Waals surface area contributed by atoms with Crippen LogP contribution in [-0.2, 0) is 16.3 Å². The molecule has 0 aliphatic heterocycles. The number of aliphatic hydroxyl groups is 1. The molecule has 34 heavy (non-hydrogen) atoms. The van der Waals surface area contributed by atoms with Gasteiger partial charge in [-0.25, -0.2) is 13.2 Å². The molecule has 0 saturated carbocycles. The first-order valence-corrected chi connectivity index (χ1v) is 12.4. The van der Waals surface area contributed by atoms with E-state index < -0.39 is 31.9 Å². The maximum Gasteiger partial charge on any atom is 0.406 e. The van der Waals surface area contributed by atoms with E-state index in [0.717, 1.165) is 0 Å². The fourth-order valence-electron chi connectivity index (χ4n) is 3.96. The molecular formula is C24H35N3O6S. The lowest BCUT2D eigenvalue weighted by molar-refractivity contribution is 0.00538. The molecule has 0 heterocycles. The van der Waals surface area contributed by atoms with Crippen molar-refractivity contribution < 1.29 is 28.2 Å². The van der Waals surface area contributed by atoms with E-state index in [2.05, 4.69) is 5.32 Å². The Morgan fingerprint density at radius 1 is 1.03 bits per heavy atom. The first kappa shape index (κ1) is 27.6. The summed E-state index contributed by atoms with van der Waals surface area (Å²) >= 11 is 0. The smallest absolute Gasteiger partial charge is 0.406 e. The standard InChI is InChI=1S/C24H35N3O6S/c1-22(2,15-16-25)13-14-24(30,34(31,32)20-11-9-19(33-3)10-12-20)23(26,27-21(28)29)17-18-7-5-4-6-8-18/h4-12,27,30H,13-17,25-26H2,1-3H3,(H,28,29)/t23-,24+/m0/s1. The van der Waals surface area contributed by atoms with E-state index >= 15 is 0 Å². The third-order valence-electron chi connectivity index (χ3n) is 6.13. The summed E-state index contributed by atoms with van der Waals surface area (Å²) < 4.78 is 32.9. The van der Waals surface area contributed by atoms with E-state index in [1.54, 1.807) is 30.3 Å². The second kappa shape index (κ2) is 10.7. The molecule has 0 radical (unpaired) electrons. The highest BCUT2D eigenvalue weighted by Gasteiger charge is 2.58. The maximum absolute atomic E-state index is 13.9. The zero-order chi connectivity index (χ0) is 25.6. The lowest BCUT2D eigenvalue weighted by Gasteiger charge is -2.45. The highest BCUT2D eigenvalue weighted by molar-refractivity contribution is 7.92. The van der Waals surface area contributed by atoms with E-state index in [-0.39, 0.29) is 24.2 Å². The minimum atomic E-state index is -4.57. The normalized spacial score (nSPS) is 15.7. The summed E-state index contributed by atoms with van der Waals surface area (Å²) in [5, 5.41) is 23.7. The number of methoxy groups -OCH3 is 1. The van der Waals surface area contributed by atoms with Gasteiger partial charge in [0, 0.05) is 6.42 Å². The molecule has 9 nitrogen and oxygen atoms in total. The van der Waals surface area contributed by atoms with Crippen LogP contribution in [0.25, 0.3) is 0 Å². The molecule has 2 aromatic carbocycles. The molecule has 2 rings (SSSR count). The van der Waals surface area contributed by atoms with Gasteiger partial charge in [0.15, 0.2) is 0 Å². The topological polar surface area (TPSA) is 165 Å². The van der Waals surface area contributed by atoms with Crippen molar-refractivity contribution in [2.75, 3.05) is 13.7 Å². The minimum Gasteiger partial charge on any atom is -0.497 e. The fourth-order valence-corrected chi connectivity index (χ4v) is 5.82. The number of ether oxygens (including phenoxy) is 1. The van der Waals surface area contributed by atoms with Gasteiger partial charge in [-0.15, -0.1) is 0 Å². The number of rotatable bonds is 12. The predicted octanol–water partition coefficient (Wildman–Crippen LogP) is 2.48. The van der Waals surface area contributed by atoms with Crippen molar-refractivity contribution in [2.45, 2.75) is 55.0 Å². The van der Waals surface area contributed by atoms with Crippen molar-refractivity contribution in [1.29, 1.82) is 0 Å². The fraction of sp³-hybridized carbons (Fsp3) is 0.458. The summed E-state index contributed by atoms with van der Waals surface area (Å²) in [6.07, 6.45) is -1.33. The van der Waals surface area contributed by atoms with Gasteiger partial charge in [-0.05, 0) is 61.1 Å². The van der Waals surface area contributed by atoms with Gasteiger partial charge >= 0.3 is 6.09 Å². The Kier molecular flexibility index (Phi) is 8.70. The number of carbonyl (C=O) groups is 1. The number of nitrogens with one attached hydrogen (secondary N) is 1. The van der Waals surface area contributed by atoms with Gasteiger partial charge in [0.25, 0.3) is 0 Å². The predicted molar refractivity (Wildman–Crippen MR) is 130 cm³/mol. The third-order valence-corrected chi connectivity index (χ3v) is 8.48. The van der Waals surface area contributed by atoms with E-state index in [1.807, 2.05) is 13.8 Å². The quantitative estimate of drug-likeness (QED) is 0.281. The van der Waals surface area contributed by atoms with E-state index in [1.165, 1.54) is 31.4 Å². The van der Waals surface area contributed by atoms with Gasteiger partial charge in [-0.1, -0.05) is 44.2 Å². The van der Waals surface area contributed by atoms with Gasteiger partial charge in [0.2, 0.25) is 14.8 Å². The van der Waals surface area contributed by atoms with Crippen LogP contribution in [0, 0.1) is 5.41 Å². The van der Waals surface area contributed by atoms with Crippen LogP contribution in [0.1, 0.15) is 38.7 Å². The van der Waals surface area contributed by atoms with Crippen LogP contribution in [0.4, 0.5) is 4.79 Å². The van der Waals surface area contributed by atoms with Crippen LogP contribution in [0.5, 0.6) is 5.75 Å². The molecule has 0 aromatic heterocycles.